The molecule has 138 valence electrons. The Hall–Kier alpha value is -2.41. The van der Waals surface area contributed by atoms with Gasteiger partial charge in [0.05, 0.1) is 30.8 Å². The summed E-state index contributed by atoms with van der Waals surface area (Å²) in [5.41, 5.74) is 1.48. The smallest absolute Gasteiger partial charge is 0.327 e. The average Bonchev–Trinajstić information content (AvgIpc) is 2.59. The molecule has 7 nitrogen and oxygen atoms in total. The number of ether oxygens (including phenoxy) is 1. The van der Waals surface area contributed by atoms with E-state index in [0.717, 1.165) is 11.9 Å². The van der Waals surface area contributed by atoms with Crippen LogP contribution in [0.3, 0.4) is 0 Å². The minimum absolute atomic E-state index is 0.240. The Morgan fingerprint density at radius 3 is 2.44 bits per heavy atom. The van der Waals surface area contributed by atoms with Crippen molar-refractivity contribution in [2.75, 3.05) is 11.5 Å². The maximum atomic E-state index is 12.3. The first kappa shape index (κ1) is 20.6. The molecule has 0 bridgehead atoms. The number of anilines is 1. The first-order chi connectivity index (χ1) is 11.9. The van der Waals surface area contributed by atoms with Gasteiger partial charge < -0.3 is 15.2 Å². The molecule has 0 saturated carbocycles. The average molecular weight is 349 g/mol. The maximum absolute atomic E-state index is 12.3. The van der Waals surface area contributed by atoms with Crippen LogP contribution in [-0.4, -0.2) is 42.2 Å². The van der Waals surface area contributed by atoms with E-state index in [-0.39, 0.29) is 12.0 Å². The van der Waals surface area contributed by atoms with Crippen molar-refractivity contribution in [1.82, 2.24) is 5.32 Å². The van der Waals surface area contributed by atoms with Crippen LogP contribution in [0.15, 0.2) is 24.3 Å². The van der Waals surface area contributed by atoms with Crippen LogP contribution in [0.4, 0.5) is 10.5 Å². The number of hydrogen-bond donors (Lipinski definition) is 3. The number of nitrogens with one attached hydrogen (secondary N) is 2. The zero-order valence-corrected chi connectivity index (χ0v) is 15.0. The van der Waals surface area contributed by atoms with Crippen LogP contribution >= 0.6 is 0 Å². The molecule has 0 radical (unpaired) electrons. The summed E-state index contributed by atoms with van der Waals surface area (Å²) in [5.74, 6) is -0.240. The number of esters is 1. The molecule has 0 unspecified atom stereocenters. The van der Waals surface area contributed by atoms with Crippen LogP contribution in [0.25, 0.3) is 0 Å². The van der Waals surface area contributed by atoms with Crippen LogP contribution in [-0.2, 0) is 16.0 Å². The van der Waals surface area contributed by atoms with Crippen LogP contribution in [0.5, 0.6) is 0 Å². The van der Waals surface area contributed by atoms with Gasteiger partial charge in [-0.3, -0.25) is 15.1 Å². The standard InChI is InChI=1S/C18H27N3O4/c1-4-16(13(3)22)20-18(24)21(12-19)15-9-6-14(7-10-15)8-11-17(23)25-5-2/h6-7,9-10,12-13,16,19,22H,4-5,8,11H2,1-3H3,(H,20,24)/t13-,16-/m0/s1. The molecule has 1 aromatic rings. The summed E-state index contributed by atoms with van der Waals surface area (Å²) in [6, 6.07) is 6.21. The van der Waals surface area contributed by atoms with Crippen LogP contribution in [0, 0.1) is 5.41 Å². The lowest BCUT2D eigenvalue weighted by molar-refractivity contribution is -0.143. The van der Waals surface area contributed by atoms with Crippen molar-refractivity contribution in [3.63, 3.8) is 0 Å². The van der Waals surface area contributed by atoms with Gasteiger partial charge in [-0.25, -0.2) is 4.79 Å². The van der Waals surface area contributed by atoms with Crippen molar-refractivity contribution in [2.45, 2.75) is 52.2 Å². The quantitative estimate of drug-likeness (QED) is 0.362. The summed E-state index contributed by atoms with van der Waals surface area (Å²) >= 11 is 0. The first-order valence-corrected chi connectivity index (χ1v) is 8.45. The van der Waals surface area contributed by atoms with Crippen LogP contribution in [0.1, 0.15) is 39.2 Å². The number of carbonyl (C=O) groups excluding carboxylic acids is 2. The van der Waals surface area contributed by atoms with Gasteiger partial charge in [0, 0.05) is 6.42 Å². The van der Waals surface area contributed by atoms with Crippen molar-refractivity contribution in [1.29, 1.82) is 5.41 Å². The monoisotopic (exact) mass is 349 g/mol. The highest BCUT2D eigenvalue weighted by Crippen LogP contribution is 2.16. The van der Waals surface area contributed by atoms with Crippen molar-refractivity contribution >= 4 is 24.0 Å². The maximum Gasteiger partial charge on any atom is 0.327 e. The fourth-order valence-corrected chi connectivity index (χ4v) is 2.35. The number of aliphatic hydroxyl groups is 1. The predicted octanol–water partition coefficient (Wildman–Crippen LogP) is 2.46. The molecule has 0 saturated heterocycles. The number of rotatable bonds is 9. The molecule has 2 atom stereocenters. The molecule has 1 rings (SSSR count). The molecule has 0 aliphatic heterocycles. The number of urea groups is 1. The molecular formula is C18H27N3O4. The molecule has 0 fully saturated rings. The number of amides is 2. The SMILES string of the molecule is CCOC(=O)CCc1ccc(N(C=N)C(=O)N[C@@H](CC)[C@H](C)O)cc1. The van der Waals surface area contributed by atoms with E-state index in [1.54, 1.807) is 26.0 Å². The Bertz CT molecular complexity index is 572. The van der Waals surface area contributed by atoms with Gasteiger partial charge >= 0.3 is 12.0 Å². The fourth-order valence-electron chi connectivity index (χ4n) is 2.35. The number of carbonyl (C=O) groups is 2. The van der Waals surface area contributed by atoms with Gasteiger partial charge in [-0.2, -0.15) is 0 Å². The van der Waals surface area contributed by atoms with Gasteiger partial charge in [0.25, 0.3) is 0 Å². The van der Waals surface area contributed by atoms with E-state index < -0.39 is 12.1 Å². The molecule has 7 heteroatoms. The topological polar surface area (TPSA) is 103 Å². The minimum Gasteiger partial charge on any atom is -0.466 e. The molecular weight excluding hydrogens is 322 g/mol. The Morgan fingerprint density at radius 2 is 1.96 bits per heavy atom. The Kier molecular flexibility index (Phi) is 8.63. The highest BCUT2D eigenvalue weighted by Gasteiger charge is 2.20. The van der Waals surface area contributed by atoms with Gasteiger partial charge in [0.15, 0.2) is 0 Å². The van der Waals surface area contributed by atoms with Crippen LogP contribution in [0.2, 0.25) is 0 Å². The van der Waals surface area contributed by atoms with Gasteiger partial charge in [-0.15, -0.1) is 0 Å². The second-order valence-corrected chi connectivity index (χ2v) is 5.68. The van der Waals surface area contributed by atoms with E-state index in [1.807, 2.05) is 19.1 Å². The van der Waals surface area contributed by atoms with Crippen molar-refractivity contribution < 1.29 is 19.4 Å². The van der Waals surface area contributed by atoms with Gasteiger partial charge in [-0.1, -0.05) is 19.1 Å². The highest BCUT2D eigenvalue weighted by molar-refractivity contribution is 6.06. The molecule has 2 amide bonds. The third-order valence-electron chi connectivity index (χ3n) is 3.82. The molecule has 0 aliphatic carbocycles. The Morgan fingerprint density at radius 1 is 1.32 bits per heavy atom. The molecule has 0 aliphatic rings. The van der Waals surface area contributed by atoms with Crippen LogP contribution < -0.4 is 10.2 Å². The summed E-state index contributed by atoms with van der Waals surface area (Å²) in [7, 11) is 0. The minimum atomic E-state index is -0.674. The summed E-state index contributed by atoms with van der Waals surface area (Å²) < 4.78 is 4.89. The molecule has 25 heavy (non-hydrogen) atoms. The zero-order chi connectivity index (χ0) is 18.8. The van der Waals surface area contributed by atoms with E-state index in [0.29, 0.717) is 31.6 Å². The number of benzene rings is 1. The first-order valence-electron chi connectivity index (χ1n) is 8.45. The summed E-state index contributed by atoms with van der Waals surface area (Å²) in [6.45, 7) is 5.61. The van der Waals surface area contributed by atoms with E-state index in [4.69, 9.17) is 10.1 Å². The summed E-state index contributed by atoms with van der Waals surface area (Å²) in [6.07, 6.45) is 1.69. The molecule has 0 spiro atoms. The highest BCUT2D eigenvalue weighted by atomic mass is 16.5. The van der Waals surface area contributed by atoms with E-state index in [1.165, 1.54) is 4.90 Å². The molecule has 0 aromatic heterocycles. The lowest BCUT2D eigenvalue weighted by Crippen LogP contribution is -2.48. The molecule has 3 N–H and O–H groups in total. The van der Waals surface area contributed by atoms with Crippen molar-refractivity contribution in [3.8, 4) is 0 Å². The van der Waals surface area contributed by atoms with Gasteiger partial charge in [-0.05, 0) is 44.4 Å². The number of aliphatic hydroxyl groups excluding tert-OH is 1. The second-order valence-electron chi connectivity index (χ2n) is 5.68. The molecule has 1 aromatic carbocycles. The normalized spacial score (nSPS) is 12.8. The zero-order valence-electron chi connectivity index (χ0n) is 15.0. The van der Waals surface area contributed by atoms with E-state index >= 15 is 0 Å². The van der Waals surface area contributed by atoms with Gasteiger partial charge in [0.2, 0.25) is 0 Å². The van der Waals surface area contributed by atoms with Gasteiger partial charge in [0.1, 0.15) is 0 Å². The third-order valence-corrected chi connectivity index (χ3v) is 3.82. The molecule has 0 heterocycles. The lowest BCUT2D eigenvalue weighted by atomic mass is 10.1. The lowest BCUT2D eigenvalue weighted by Gasteiger charge is -2.24. The third kappa shape index (κ3) is 6.54. The summed E-state index contributed by atoms with van der Waals surface area (Å²) in [4.78, 5) is 24.9. The largest absolute Gasteiger partial charge is 0.466 e. The van der Waals surface area contributed by atoms with Crippen molar-refractivity contribution in [3.05, 3.63) is 29.8 Å². The Labute approximate surface area is 148 Å². The van der Waals surface area contributed by atoms with Crippen molar-refractivity contribution in [2.24, 2.45) is 0 Å². The van der Waals surface area contributed by atoms with E-state index in [2.05, 4.69) is 5.32 Å². The van der Waals surface area contributed by atoms with E-state index in [9.17, 15) is 14.7 Å². The number of nitrogens with zero attached hydrogens (tertiary/aromatic N) is 1. The number of hydrogen-bond acceptors (Lipinski definition) is 5. The second kappa shape index (κ2) is 10.5. The number of aryl methyl sites for hydroxylation is 1. The fraction of sp³-hybridized carbons (Fsp3) is 0.500. The summed E-state index contributed by atoms with van der Waals surface area (Å²) in [5, 5.41) is 19.8. The Balaban J connectivity index is 2.72. The predicted molar refractivity (Wildman–Crippen MR) is 97.0 cm³/mol.